The Hall–Kier alpha value is -4.04. The highest BCUT2D eigenvalue weighted by atomic mass is 16.7. The molecule has 2 saturated heterocycles. The van der Waals surface area contributed by atoms with Gasteiger partial charge >= 0.3 is 0 Å². The van der Waals surface area contributed by atoms with E-state index in [1.165, 1.54) is 0 Å². The number of phenols is 4. The lowest BCUT2D eigenvalue weighted by Gasteiger charge is -2.20. The van der Waals surface area contributed by atoms with Crippen molar-refractivity contribution in [3.63, 3.8) is 0 Å². The Kier molecular flexibility index (Phi) is 5.56. The Bertz CT molecular complexity index is 1340. The fourth-order valence-corrected chi connectivity index (χ4v) is 5.20. The van der Waals surface area contributed by atoms with Crippen molar-refractivity contribution in [1.29, 1.82) is 0 Å². The molecule has 7 nitrogen and oxygen atoms in total. The van der Waals surface area contributed by atoms with E-state index >= 15 is 0 Å². The molecule has 2 fully saturated rings. The second-order valence-corrected chi connectivity index (χ2v) is 9.42. The van der Waals surface area contributed by atoms with Crippen LogP contribution in [0.25, 0.3) is 0 Å². The highest BCUT2D eigenvalue weighted by Gasteiger charge is 2.63. The first-order valence-corrected chi connectivity index (χ1v) is 12.0. The zero-order valence-corrected chi connectivity index (χ0v) is 19.8. The predicted molar refractivity (Wildman–Crippen MR) is 134 cm³/mol. The lowest BCUT2D eigenvalue weighted by molar-refractivity contribution is 0.0390. The summed E-state index contributed by atoms with van der Waals surface area (Å²) in [6.45, 7) is 0.103. The van der Waals surface area contributed by atoms with E-state index in [1.54, 1.807) is 72.8 Å². The van der Waals surface area contributed by atoms with Crippen LogP contribution in [0.4, 0.5) is 0 Å². The zero-order valence-electron chi connectivity index (χ0n) is 19.8. The van der Waals surface area contributed by atoms with Crippen molar-refractivity contribution < 1.29 is 34.6 Å². The average Bonchev–Trinajstić information content (AvgIpc) is 3.81. The number of benzene rings is 4. The Morgan fingerprint density at radius 2 is 0.865 bits per heavy atom. The molecule has 4 aromatic carbocycles. The molecular weight excluding hydrogens is 472 g/mol. The smallest absolute Gasteiger partial charge is 0.151 e. The standard InChI is InChI=1S/C30H26O7/c31-23-13-5-1-9-19(23)27-29(36-27,21-11-3-7-15-25(21)33)17-35-18-30(22-12-4-8-16-26(22)34)28(37-30)20-10-2-6-14-24(20)32/h1-16,27-28,31-34H,17-18H2. The van der Waals surface area contributed by atoms with E-state index in [4.69, 9.17) is 14.2 Å². The Balaban J connectivity index is 1.31. The maximum Gasteiger partial charge on any atom is 0.151 e. The first kappa shape index (κ1) is 23.4. The van der Waals surface area contributed by atoms with Crippen LogP contribution in [0.15, 0.2) is 97.1 Å². The molecule has 4 N–H and O–H groups in total. The third kappa shape index (κ3) is 3.88. The maximum atomic E-state index is 10.6. The van der Waals surface area contributed by atoms with Crippen molar-refractivity contribution in [2.45, 2.75) is 23.4 Å². The van der Waals surface area contributed by atoms with Gasteiger partial charge in [0.2, 0.25) is 0 Å². The molecule has 37 heavy (non-hydrogen) atoms. The molecule has 0 radical (unpaired) electrons. The van der Waals surface area contributed by atoms with Gasteiger partial charge in [-0.3, -0.25) is 0 Å². The van der Waals surface area contributed by atoms with E-state index in [0.29, 0.717) is 22.3 Å². The first-order chi connectivity index (χ1) is 18.0. The van der Waals surface area contributed by atoms with E-state index in [0.717, 1.165) is 0 Å². The SMILES string of the molecule is Oc1ccccc1C1OC1(COCC1(c2ccccc2O)OC1c1ccccc1O)c1ccccc1O. The summed E-state index contributed by atoms with van der Waals surface area (Å²) >= 11 is 0. The second kappa shape index (κ2) is 8.81. The third-order valence-electron chi connectivity index (χ3n) is 7.18. The number of epoxide rings is 2. The second-order valence-electron chi connectivity index (χ2n) is 9.42. The zero-order chi connectivity index (χ0) is 25.6. The molecule has 4 atom stereocenters. The Morgan fingerprint density at radius 3 is 1.24 bits per heavy atom. The molecule has 2 heterocycles. The summed E-state index contributed by atoms with van der Waals surface area (Å²) in [5, 5.41) is 42.2. The van der Waals surface area contributed by atoms with Gasteiger partial charge in [0, 0.05) is 22.3 Å². The summed E-state index contributed by atoms with van der Waals surface area (Å²) in [5.41, 5.74) is 0.244. The maximum absolute atomic E-state index is 10.6. The third-order valence-corrected chi connectivity index (χ3v) is 7.18. The van der Waals surface area contributed by atoms with Crippen LogP contribution < -0.4 is 0 Å². The van der Waals surface area contributed by atoms with Gasteiger partial charge in [-0.05, 0) is 24.3 Å². The number of ether oxygens (including phenoxy) is 3. The number of para-hydroxylation sites is 4. The molecule has 0 aromatic heterocycles. The van der Waals surface area contributed by atoms with Crippen LogP contribution in [0.1, 0.15) is 34.5 Å². The fraction of sp³-hybridized carbons (Fsp3) is 0.200. The molecule has 0 saturated carbocycles. The van der Waals surface area contributed by atoms with Crippen molar-refractivity contribution in [1.82, 2.24) is 0 Å². The van der Waals surface area contributed by atoms with Crippen LogP contribution >= 0.6 is 0 Å². The molecule has 0 amide bonds. The van der Waals surface area contributed by atoms with Crippen LogP contribution in [0.2, 0.25) is 0 Å². The number of phenolic OH excluding ortho intramolecular Hbond substituents is 4. The fourth-order valence-electron chi connectivity index (χ4n) is 5.20. The highest BCUT2D eigenvalue weighted by molar-refractivity contribution is 5.48. The van der Waals surface area contributed by atoms with Crippen molar-refractivity contribution in [3.8, 4) is 23.0 Å². The van der Waals surface area contributed by atoms with Gasteiger partial charge in [0.05, 0.1) is 13.2 Å². The molecule has 7 heteroatoms. The number of aromatic hydroxyl groups is 4. The molecule has 188 valence electrons. The summed E-state index contributed by atoms with van der Waals surface area (Å²) < 4.78 is 18.6. The summed E-state index contributed by atoms with van der Waals surface area (Å²) in [6.07, 6.45) is -1.06. The number of rotatable bonds is 8. The molecule has 4 unspecified atom stereocenters. The van der Waals surface area contributed by atoms with Gasteiger partial charge in [0.1, 0.15) is 35.2 Å². The highest BCUT2D eigenvalue weighted by Crippen LogP contribution is 2.63. The van der Waals surface area contributed by atoms with Crippen LogP contribution in [0.5, 0.6) is 23.0 Å². The van der Waals surface area contributed by atoms with Gasteiger partial charge < -0.3 is 34.6 Å². The minimum Gasteiger partial charge on any atom is -0.508 e. The van der Waals surface area contributed by atoms with Crippen molar-refractivity contribution in [2.75, 3.05) is 13.2 Å². The van der Waals surface area contributed by atoms with Crippen LogP contribution in [0.3, 0.4) is 0 Å². The first-order valence-electron chi connectivity index (χ1n) is 12.0. The van der Waals surface area contributed by atoms with E-state index in [1.807, 2.05) is 24.3 Å². The molecule has 0 aliphatic carbocycles. The summed E-state index contributed by atoms with van der Waals surface area (Å²) in [7, 11) is 0. The largest absolute Gasteiger partial charge is 0.508 e. The summed E-state index contributed by atoms with van der Waals surface area (Å²) in [4.78, 5) is 0. The lowest BCUT2D eigenvalue weighted by atomic mass is 9.90. The van der Waals surface area contributed by atoms with Crippen LogP contribution in [-0.2, 0) is 25.4 Å². The normalized spacial score (nSPS) is 26.1. The topological polar surface area (TPSA) is 115 Å². The number of hydrogen-bond donors (Lipinski definition) is 4. The Morgan fingerprint density at radius 1 is 0.514 bits per heavy atom. The van der Waals surface area contributed by atoms with E-state index in [-0.39, 0.29) is 36.2 Å². The van der Waals surface area contributed by atoms with Gasteiger partial charge in [-0.15, -0.1) is 0 Å². The molecular formula is C30H26O7. The number of hydrogen-bond acceptors (Lipinski definition) is 7. The van der Waals surface area contributed by atoms with Gasteiger partial charge in [0.25, 0.3) is 0 Å². The van der Waals surface area contributed by atoms with Crippen LogP contribution in [-0.4, -0.2) is 33.6 Å². The van der Waals surface area contributed by atoms with E-state index in [9.17, 15) is 20.4 Å². The van der Waals surface area contributed by atoms with Crippen molar-refractivity contribution in [3.05, 3.63) is 119 Å². The van der Waals surface area contributed by atoms with Gasteiger partial charge in [-0.2, -0.15) is 0 Å². The molecule has 2 aliphatic heterocycles. The van der Waals surface area contributed by atoms with E-state index in [2.05, 4.69) is 0 Å². The monoisotopic (exact) mass is 498 g/mol. The molecule has 2 aliphatic rings. The lowest BCUT2D eigenvalue weighted by Crippen LogP contribution is -2.25. The summed E-state index contributed by atoms with van der Waals surface area (Å²) in [5.74, 6) is 0.324. The molecule has 6 rings (SSSR count). The van der Waals surface area contributed by atoms with Gasteiger partial charge in [0.15, 0.2) is 11.2 Å². The molecule has 4 aromatic rings. The van der Waals surface area contributed by atoms with Crippen molar-refractivity contribution >= 4 is 0 Å². The molecule has 0 spiro atoms. The van der Waals surface area contributed by atoms with E-state index < -0.39 is 23.4 Å². The molecule has 0 bridgehead atoms. The van der Waals surface area contributed by atoms with Gasteiger partial charge in [-0.1, -0.05) is 72.8 Å². The Labute approximate surface area is 213 Å². The predicted octanol–water partition coefficient (Wildman–Crippen LogP) is 5.16. The minimum atomic E-state index is -1.02. The minimum absolute atomic E-state index is 0.0514. The summed E-state index contributed by atoms with van der Waals surface area (Å²) in [6, 6.07) is 27.6. The average molecular weight is 499 g/mol. The van der Waals surface area contributed by atoms with Crippen LogP contribution in [0, 0.1) is 0 Å². The quantitative estimate of drug-likeness (QED) is 0.248. The van der Waals surface area contributed by atoms with Gasteiger partial charge in [-0.25, -0.2) is 0 Å². The van der Waals surface area contributed by atoms with Crippen molar-refractivity contribution in [2.24, 2.45) is 0 Å².